The van der Waals surface area contributed by atoms with Gasteiger partial charge in [-0.25, -0.2) is 0 Å². The number of carbonyl (C=O) groups is 1. The maximum Gasteiger partial charge on any atom is 0.251 e. The molecular weight excluding hydrogens is 290 g/mol. The van der Waals surface area contributed by atoms with Crippen molar-refractivity contribution in [2.24, 2.45) is 0 Å². The van der Waals surface area contributed by atoms with Crippen molar-refractivity contribution < 1.29 is 14.3 Å². The molecule has 116 valence electrons. The Morgan fingerprint density at radius 2 is 2.24 bits per heavy atom. The van der Waals surface area contributed by atoms with Gasteiger partial charge in [-0.05, 0) is 31.5 Å². The normalized spacial score (nSPS) is 11.8. The highest BCUT2D eigenvalue weighted by Gasteiger charge is 2.17. The summed E-state index contributed by atoms with van der Waals surface area (Å²) in [6.07, 6.45) is 2.04. The van der Waals surface area contributed by atoms with Gasteiger partial charge in [0.05, 0.1) is 13.2 Å². The van der Waals surface area contributed by atoms with Crippen molar-refractivity contribution >= 4 is 17.5 Å². The van der Waals surface area contributed by atoms with Crippen molar-refractivity contribution in [3.05, 3.63) is 41.9 Å². The summed E-state index contributed by atoms with van der Waals surface area (Å²) < 4.78 is 11.0. The lowest BCUT2D eigenvalue weighted by Gasteiger charge is -2.21. The zero-order valence-electron chi connectivity index (χ0n) is 12.5. The zero-order chi connectivity index (χ0) is 15.7. The number of halogens is 1. The maximum absolute atomic E-state index is 12.0. The highest BCUT2D eigenvalue weighted by molar-refractivity contribution is 6.30. The van der Waals surface area contributed by atoms with E-state index < -0.39 is 6.10 Å². The molecule has 0 aliphatic rings. The van der Waals surface area contributed by atoms with Crippen molar-refractivity contribution in [1.82, 2.24) is 4.90 Å². The minimum absolute atomic E-state index is 0.0613. The summed E-state index contributed by atoms with van der Waals surface area (Å²) in [5, 5.41) is 0.626. The molecule has 0 aliphatic heterocycles. The van der Waals surface area contributed by atoms with Gasteiger partial charge in [0.25, 0.3) is 5.91 Å². The largest absolute Gasteiger partial charge is 0.492 e. The molecule has 1 atom stereocenters. The third kappa shape index (κ3) is 6.65. The molecule has 0 aromatic heterocycles. The maximum atomic E-state index is 12.0. The second-order valence-electron chi connectivity index (χ2n) is 4.66. The molecule has 0 radical (unpaired) electrons. The Morgan fingerprint density at radius 1 is 1.48 bits per heavy atom. The molecule has 0 aliphatic carbocycles. The molecule has 0 N–H and O–H groups in total. The molecule has 21 heavy (non-hydrogen) atoms. The Hall–Kier alpha value is -1.52. The van der Waals surface area contributed by atoms with E-state index in [1.165, 1.54) is 0 Å². The average Bonchev–Trinajstić information content (AvgIpc) is 2.46. The van der Waals surface area contributed by atoms with Crippen molar-refractivity contribution in [2.75, 3.05) is 26.8 Å². The summed E-state index contributed by atoms with van der Waals surface area (Å²) in [6.45, 7) is 6.76. The van der Waals surface area contributed by atoms with Crippen molar-refractivity contribution in [3.63, 3.8) is 0 Å². The van der Waals surface area contributed by atoms with E-state index in [1.54, 1.807) is 37.1 Å². The van der Waals surface area contributed by atoms with Gasteiger partial charge in [-0.15, -0.1) is 6.58 Å². The highest BCUT2D eigenvalue weighted by atomic mass is 35.5. The molecule has 5 heteroatoms. The van der Waals surface area contributed by atoms with E-state index in [9.17, 15) is 4.79 Å². The van der Waals surface area contributed by atoms with Crippen LogP contribution in [-0.4, -0.2) is 43.7 Å². The number of nitrogens with zero attached hydrogens (tertiary/aromatic N) is 1. The number of rotatable bonds is 9. The lowest BCUT2D eigenvalue weighted by Crippen LogP contribution is -2.38. The van der Waals surface area contributed by atoms with Gasteiger partial charge in [-0.3, -0.25) is 4.79 Å². The molecule has 0 spiro atoms. The van der Waals surface area contributed by atoms with Crippen LogP contribution in [0.2, 0.25) is 5.02 Å². The van der Waals surface area contributed by atoms with Crippen LogP contribution in [0.5, 0.6) is 5.75 Å². The van der Waals surface area contributed by atoms with E-state index in [2.05, 4.69) is 6.58 Å². The number of carbonyl (C=O) groups excluding carboxylic acids is 1. The van der Waals surface area contributed by atoms with Crippen LogP contribution in [0.1, 0.15) is 13.3 Å². The molecule has 0 saturated carbocycles. The third-order valence-corrected chi connectivity index (χ3v) is 3.14. The van der Waals surface area contributed by atoms with Gasteiger partial charge < -0.3 is 14.4 Å². The topological polar surface area (TPSA) is 38.8 Å². The van der Waals surface area contributed by atoms with E-state index >= 15 is 0 Å². The Labute approximate surface area is 131 Å². The minimum atomic E-state index is -0.457. The second kappa shape index (κ2) is 9.42. The van der Waals surface area contributed by atoms with Crippen LogP contribution in [0.4, 0.5) is 0 Å². The zero-order valence-corrected chi connectivity index (χ0v) is 13.3. The van der Waals surface area contributed by atoms with Gasteiger partial charge in [0.2, 0.25) is 0 Å². The van der Waals surface area contributed by atoms with Gasteiger partial charge in [-0.1, -0.05) is 23.7 Å². The van der Waals surface area contributed by atoms with Crippen LogP contribution < -0.4 is 4.74 Å². The number of hydrogen-bond acceptors (Lipinski definition) is 3. The third-order valence-electron chi connectivity index (χ3n) is 2.91. The van der Waals surface area contributed by atoms with Crippen molar-refractivity contribution in [2.45, 2.75) is 19.4 Å². The molecule has 0 saturated heterocycles. The first kappa shape index (κ1) is 17.5. The Morgan fingerprint density at radius 3 is 2.90 bits per heavy atom. The van der Waals surface area contributed by atoms with Crippen LogP contribution in [0.25, 0.3) is 0 Å². The van der Waals surface area contributed by atoms with E-state index in [0.29, 0.717) is 30.5 Å². The van der Waals surface area contributed by atoms with E-state index in [-0.39, 0.29) is 5.91 Å². The summed E-state index contributed by atoms with van der Waals surface area (Å²) >= 11 is 5.87. The van der Waals surface area contributed by atoms with E-state index in [0.717, 1.165) is 6.42 Å². The molecule has 1 rings (SSSR count). The quantitative estimate of drug-likeness (QED) is 0.519. The molecule has 1 aromatic rings. The van der Waals surface area contributed by atoms with Crippen molar-refractivity contribution in [1.29, 1.82) is 0 Å². The van der Waals surface area contributed by atoms with Crippen molar-refractivity contribution in [3.8, 4) is 5.75 Å². The summed E-state index contributed by atoms with van der Waals surface area (Å²) in [5.41, 5.74) is 0. The number of likely N-dealkylation sites (N-methyl/N-ethyl adjacent to an activating group) is 1. The lowest BCUT2D eigenvalue weighted by atomic mass is 10.3. The number of ether oxygens (including phenoxy) is 2. The van der Waals surface area contributed by atoms with Crippen LogP contribution >= 0.6 is 11.6 Å². The first-order valence-electron chi connectivity index (χ1n) is 6.90. The van der Waals surface area contributed by atoms with Gasteiger partial charge in [0.15, 0.2) is 0 Å². The van der Waals surface area contributed by atoms with Crippen LogP contribution in [0.3, 0.4) is 0 Å². The molecule has 0 bridgehead atoms. The molecule has 4 nitrogen and oxygen atoms in total. The molecule has 1 aromatic carbocycles. The lowest BCUT2D eigenvalue weighted by molar-refractivity contribution is -0.141. The minimum Gasteiger partial charge on any atom is -0.492 e. The first-order chi connectivity index (χ1) is 10.0. The standard InChI is InChI=1S/C16H22ClNO3/c1-4-5-10-20-13(2)16(19)18(3)9-11-21-15-8-6-7-14(17)12-15/h4,6-8,12-13H,1,5,9-11H2,2-3H3. The summed E-state index contributed by atoms with van der Waals surface area (Å²) in [4.78, 5) is 13.6. The monoisotopic (exact) mass is 311 g/mol. The summed E-state index contributed by atoms with van der Waals surface area (Å²) in [5.74, 6) is 0.632. The SMILES string of the molecule is C=CCCOC(C)C(=O)N(C)CCOc1cccc(Cl)c1. The summed E-state index contributed by atoms with van der Waals surface area (Å²) in [7, 11) is 1.73. The van der Waals surface area contributed by atoms with E-state index in [4.69, 9.17) is 21.1 Å². The van der Waals surface area contributed by atoms with Crippen LogP contribution in [0, 0.1) is 0 Å². The second-order valence-corrected chi connectivity index (χ2v) is 5.09. The van der Waals surface area contributed by atoms with Gasteiger partial charge >= 0.3 is 0 Å². The van der Waals surface area contributed by atoms with Gasteiger partial charge in [0, 0.05) is 12.1 Å². The van der Waals surface area contributed by atoms with Gasteiger partial charge in [-0.2, -0.15) is 0 Å². The predicted octanol–water partition coefficient (Wildman–Crippen LogP) is 3.16. The fourth-order valence-electron chi connectivity index (χ4n) is 1.68. The number of amides is 1. The fraction of sp³-hybridized carbons (Fsp3) is 0.438. The summed E-state index contributed by atoms with van der Waals surface area (Å²) in [6, 6.07) is 7.17. The molecule has 1 unspecified atom stereocenters. The molecular formula is C16H22ClNO3. The number of hydrogen-bond donors (Lipinski definition) is 0. The Balaban J connectivity index is 2.30. The first-order valence-corrected chi connectivity index (χ1v) is 7.28. The Bertz CT molecular complexity index is 465. The highest BCUT2D eigenvalue weighted by Crippen LogP contribution is 2.16. The number of benzene rings is 1. The van der Waals surface area contributed by atoms with E-state index in [1.807, 2.05) is 12.1 Å². The fourth-order valence-corrected chi connectivity index (χ4v) is 1.86. The van der Waals surface area contributed by atoms with Gasteiger partial charge in [0.1, 0.15) is 18.5 Å². The Kier molecular flexibility index (Phi) is 7.87. The molecule has 0 heterocycles. The van der Waals surface area contributed by atoms with Crippen LogP contribution in [0.15, 0.2) is 36.9 Å². The molecule has 1 amide bonds. The smallest absolute Gasteiger partial charge is 0.251 e. The predicted molar refractivity (Wildman–Crippen MR) is 84.8 cm³/mol. The van der Waals surface area contributed by atoms with Crippen LogP contribution in [-0.2, 0) is 9.53 Å². The average molecular weight is 312 g/mol. The molecule has 0 fully saturated rings.